The first-order chi connectivity index (χ1) is 13.7. The van der Waals surface area contributed by atoms with Crippen molar-refractivity contribution in [3.05, 3.63) is 83.4 Å². The quantitative estimate of drug-likeness (QED) is 0.544. The molecule has 2 fully saturated rings. The van der Waals surface area contributed by atoms with Crippen molar-refractivity contribution in [2.75, 3.05) is 0 Å². The molecule has 0 radical (unpaired) electrons. The van der Waals surface area contributed by atoms with Crippen molar-refractivity contribution >= 4 is 16.6 Å². The summed E-state index contributed by atoms with van der Waals surface area (Å²) >= 11 is 0. The van der Waals surface area contributed by atoms with Crippen molar-refractivity contribution in [2.45, 2.75) is 51.2 Å². The van der Waals surface area contributed by atoms with Crippen LogP contribution in [0.15, 0.2) is 66.7 Å². The Morgan fingerprint density at radius 2 is 1.57 bits per heavy atom. The Labute approximate surface area is 167 Å². The van der Waals surface area contributed by atoms with Gasteiger partial charge in [-0.3, -0.25) is 9.69 Å². The number of carbonyl (C=O) groups excluding carboxylic acids is 1. The van der Waals surface area contributed by atoms with E-state index in [0.717, 1.165) is 35.9 Å². The minimum Gasteiger partial charge on any atom is -0.294 e. The van der Waals surface area contributed by atoms with E-state index >= 15 is 0 Å². The number of nitrogens with zero attached hydrogens (tertiary/aromatic N) is 1. The highest BCUT2D eigenvalue weighted by Crippen LogP contribution is 2.41. The third-order valence-electron chi connectivity index (χ3n) is 6.85. The molecule has 2 heteroatoms. The molecule has 3 aromatic rings. The topological polar surface area (TPSA) is 20.3 Å². The fourth-order valence-corrected chi connectivity index (χ4v) is 5.45. The minimum atomic E-state index is 0.161. The fourth-order valence-electron chi connectivity index (χ4n) is 5.45. The summed E-state index contributed by atoms with van der Waals surface area (Å²) in [5.41, 5.74) is 3.45. The van der Waals surface area contributed by atoms with Crippen LogP contribution in [0.1, 0.15) is 47.2 Å². The van der Waals surface area contributed by atoms with Crippen LogP contribution in [-0.2, 0) is 6.54 Å². The van der Waals surface area contributed by atoms with Gasteiger partial charge in [-0.2, -0.15) is 0 Å². The van der Waals surface area contributed by atoms with Crippen LogP contribution in [0.3, 0.4) is 0 Å². The lowest BCUT2D eigenvalue weighted by Crippen LogP contribution is -2.44. The lowest BCUT2D eigenvalue weighted by atomic mass is 9.82. The highest BCUT2D eigenvalue weighted by atomic mass is 16.1. The Morgan fingerprint density at radius 3 is 2.32 bits per heavy atom. The van der Waals surface area contributed by atoms with Gasteiger partial charge in [-0.25, -0.2) is 0 Å². The fraction of sp³-hybridized carbons (Fsp3) is 0.346. The average molecular weight is 370 g/mol. The van der Waals surface area contributed by atoms with Crippen molar-refractivity contribution in [3.8, 4) is 0 Å². The van der Waals surface area contributed by atoms with E-state index in [1.807, 2.05) is 12.1 Å². The molecule has 2 unspecified atom stereocenters. The normalized spacial score (nSPS) is 24.5. The van der Waals surface area contributed by atoms with Gasteiger partial charge in [0.2, 0.25) is 0 Å². The smallest absolute Gasteiger partial charge is 0.166 e. The van der Waals surface area contributed by atoms with E-state index in [0.29, 0.717) is 17.9 Å². The molecule has 2 aliphatic rings. The van der Waals surface area contributed by atoms with Gasteiger partial charge >= 0.3 is 0 Å². The van der Waals surface area contributed by atoms with Gasteiger partial charge in [-0.05, 0) is 54.5 Å². The molecule has 2 atom stereocenters. The van der Waals surface area contributed by atoms with Crippen LogP contribution in [0.25, 0.3) is 10.8 Å². The summed E-state index contributed by atoms with van der Waals surface area (Å²) in [5.74, 6) is 0.527. The van der Waals surface area contributed by atoms with E-state index in [4.69, 9.17) is 0 Å². The number of ketones is 1. The summed E-state index contributed by atoms with van der Waals surface area (Å²) in [5, 5.41) is 2.28. The Hall–Kier alpha value is -2.45. The molecule has 0 aliphatic carbocycles. The largest absolute Gasteiger partial charge is 0.294 e. The molecule has 142 valence electrons. The van der Waals surface area contributed by atoms with Gasteiger partial charge < -0.3 is 0 Å². The van der Waals surface area contributed by atoms with Gasteiger partial charge in [-0.15, -0.1) is 0 Å². The molecule has 2 heterocycles. The van der Waals surface area contributed by atoms with Crippen LogP contribution < -0.4 is 0 Å². The number of Topliss-reactive ketones (excluding diaryl/α,β-unsaturated/α-hetero) is 1. The molecular formula is C26H27NO. The van der Waals surface area contributed by atoms with E-state index in [1.54, 1.807) is 0 Å². The van der Waals surface area contributed by atoms with Gasteiger partial charge in [0.1, 0.15) is 0 Å². The second kappa shape index (κ2) is 7.18. The van der Waals surface area contributed by atoms with Crippen molar-refractivity contribution in [2.24, 2.45) is 5.92 Å². The Balaban J connectivity index is 1.40. The van der Waals surface area contributed by atoms with Crippen molar-refractivity contribution in [1.82, 2.24) is 4.90 Å². The highest BCUT2D eigenvalue weighted by molar-refractivity contribution is 6.10. The molecule has 2 bridgehead atoms. The number of hydrogen-bond acceptors (Lipinski definition) is 2. The maximum Gasteiger partial charge on any atom is 0.166 e. The van der Waals surface area contributed by atoms with E-state index in [1.165, 1.54) is 23.8 Å². The van der Waals surface area contributed by atoms with Crippen LogP contribution in [-0.4, -0.2) is 22.8 Å². The lowest BCUT2D eigenvalue weighted by Gasteiger charge is -2.38. The Kier molecular flexibility index (Phi) is 4.52. The number of carbonyl (C=O) groups is 1. The summed E-state index contributed by atoms with van der Waals surface area (Å²) in [7, 11) is 0. The molecule has 0 N–H and O–H groups in total. The third-order valence-corrected chi connectivity index (χ3v) is 6.85. The maximum atomic E-state index is 13.6. The zero-order valence-corrected chi connectivity index (χ0v) is 16.5. The summed E-state index contributed by atoms with van der Waals surface area (Å²) in [6.45, 7) is 3.10. The first kappa shape index (κ1) is 17.6. The monoisotopic (exact) mass is 369 g/mol. The highest BCUT2D eigenvalue weighted by Gasteiger charge is 2.43. The minimum absolute atomic E-state index is 0.161. The molecular weight excluding hydrogens is 342 g/mol. The average Bonchev–Trinajstić information content (AvgIpc) is 2.95. The first-order valence-electron chi connectivity index (χ1n) is 10.5. The van der Waals surface area contributed by atoms with Gasteiger partial charge in [0.15, 0.2) is 5.78 Å². The molecule has 28 heavy (non-hydrogen) atoms. The molecule has 0 saturated carbocycles. The Morgan fingerprint density at radius 1 is 0.893 bits per heavy atom. The van der Waals surface area contributed by atoms with E-state index in [2.05, 4.69) is 66.4 Å². The number of rotatable bonds is 4. The van der Waals surface area contributed by atoms with Crippen LogP contribution in [0.4, 0.5) is 0 Å². The molecule has 2 aliphatic heterocycles. The molecule has 0 aromatic heterocycles. The number of aryl methyl sites for hydroxylation is 1. The predicted octanol–water partition coefficient (Wildman–Crippen LogP) is 5.77. The zero-order chi connectivity index (χ0) is 19.1. The van der Waals surface area contributed by atoms with Crippen LogP contribution in [0, 0.1) is 12.8 Å². The van der Waals surface area contributed by atoms with E-state index in [-0.39, 0.29) is 5.92 Å². The van der Waals surface area contributed by atoms with Crippen LogP contribution in [0.2, 0.25) is 0 Å². The summed E-state index contributed by atoms with van der Waals surface area (Å²) in [6, 6.07) is 24.4. The molecule has 2 saturated heterocycles. The summed E-state index contributed by atoms with van der Waals surface area (Å²) in [4.78, 5) is 16.3. The summed E-state index contributed by atoms with van der Waals surface area (Å²) < 4.78 is 0. The molecule has 5 rings (SSSR count). The standard InChI is InChI=1S/C26H27NO/c1-18-11-12-20-9-5-6-10-24(20)25(18)26(28)21-15-22-13-14-23(16-21)27(22)17-19-7-3-2-4-8-19/h2-12,21-23H,13-17H2,1H3. The van der Waals surface area contributed by atoms with Gasteiger partial charge in [0, 0.05) is 30.1 Å². The lowest BCUT2D eigenvalue weighted by molar-refractivity contribution is 0.0679. The second-order valence-corrected chi connectivity index (χ2v) is 8.55. The van der Waals surface area contributed by atoms with Crippen LogP contribution in [0.5, 0.6) is 0 Å². The third kappa shape index (κ3) is 3.06. The van der Waals surface area contributed by atoms with Gasteiger partial charge in [-0.1, -0.05) is 66.7 Å². The number of benzene rings is 3. The molecule has 0 amide bonds. The summed E-state index contributed by atoms with van der Waals surface area (Å²) in [6.07, 6.45) is 4.47. The number of fused-ring (bicyclic) bond motifs is 3. The zero-order valence-electron chi connectivity index (χ0n) is 16.5. The first-order valence-corrected chi connectivity index (χ1v) is 10.5. The maximum absolute atomic E-state index is 13.6. The predicted molar refractivity (Wildman–Crippen MR) is 115 cm³/mol. The second-order valence-electron chi connectivity index (χ2n) is 8.55. The van der Waals surface area contributed by atoms with Crippen molar-refractivity contribution in [1.29, 1.82) is 0 Å². The Bertz CT molecular complexity index is 995. The van der Waals surface area contributed by atoms with E-state index < -0.39 is 0 Å². The van der Waals surface area contributed by atoms with Gasteiger partial charge in [0.05, 0.1) is 0 Å². The number of hydrogen-bond donors (Lipinski definition) is 0. The van der Waals surface area contributed by atoms with Gasteiger partial charge in [0.25, 0.3) is 0 Å². The van der Waals surface area contributed by atoms with Crippen LogP contribution >= 0.6 is 0 Å². The molecule has 2 nitrogen and oxygen atoms in total. The molecule has 3 aromatic carbocycles. The van der Waals surface area contributed by atoms with Crippen molar-refractivity contribution in [3.63, 3.8) is 0 Å². The van der Waals surface area contributed by atoms with Crippen molar-refractivity contribution < 1.29 is 4.79 Å². The number of piperidine rings is 1. The molecule has 0 spiro atoms. The van der Waals surface area contributed by atoms with E-state index in [9.17, 15) is 4.79 Å². The SMILES string of the molecule is Cc1ccc2ccccc2c1C(=O)C1CC2CCC(C1)N2Cc1ccccc1.